The van der Waals surface area contributed by atoms with E-state index in [-0.39, 0.29) is 6.04 Å². The Kier molecular flexibility index (Phi) is 8.58. The summed E-state index contributed by atoms with van der Waals surface area (Å²) in [6, 6.07) is 9.46. The summed E-state index contributed by atoms with van der Waals surface area (Å²) in [5.74, 6) is 1.75. The van der Waals surface area contributed by atoms with Crippen LogP contribution in [0.25, 0.3) is 0 Å². The first-order valence-corrected chi connectivity index (χ1v) is 10.9. The standard InChI is InChI=1S/C22H37N5O2/c1-4-26(19-7-8-19)12-11-24-22(23-2)25-17-21(27-13-15-29-16-14-27)18-5-9-20(28-3)10-6-18/h5-6,9-10,19,21H,4,7-8,11-17H2,1-3H3,(H2,23,24,25). The van der Waals surface area contributed by atoms with Crippen LogP contribution in [0.2, 0.25) is 0 Å². The van der Waals surface area contributed by atoms with Gasteiger partial charge in [-0.25, -0.2) is 0 Å². The van der Waals surface area contributed by atoms with E-state index in [4.69, 9.17) is 9.47 Å². The number of nitrogens with zero attached hydrogens (tertiary/aromatic N) is 3. The van der Waals surface area contributed by atoms with Gasteiger partial charge in [-0.1, -0.05) is 19.1 Å². The molecule has 1 aliphatic heterocycles. The lowest BCUT2D eigenvalue weighted by Gasteiger charge is -2.35. The van der Waals surface area contributed by atoms with Crippen molar-refractivity contribution in [2.45, 2.75) is 31.8 Å². The second-order valence-electron chi connectivity index (χ2n) is 7.68. The molecule has 0 amide bonds. The highest BCUT2D eigenvalue weighted by Crippen LogP contribution is 2.26. The van der Waals surface area contributed by atoms with E-state index in [9.17, 15) is 0 Å². The van der Waals surface area contributed by atoms with Gasteiger partial charge in [-0.05, 0) is 37.1 Å². The number of hydrogen-bond acceptors (Lipinski definition) is 5. The molecular weight excluding hydrogens is 366 g/mol. The molecule has 2 fully saturated rings. The van der Waals surface area contributed by atoms with Gasteiger partial charge in [-0.15, -0.1) is 0 Å². The molecule has 1 heterocycles. The Hall–Kier alpha value is -1.83. The maximum Gasteiger partial charge on any atom is 0.191 e. The third kappa shape index (κ3) is 6.59. The summed E-state index contributed by atoms with van der Waals surface area (Å²) in [6.07, 6.45) is 2.70. The smallest absolute Gasteiger partial charge is 0.191 e. The first kappa shape index (κ1) is 21.9. The van der Waals surface area contributed by atoms with E-state index in [1.165, 1.54) is 18.4 Å². The van der Waals surface area contributed by atoms with Crippen LogP contribution in [0.4, 0.5) is 0 Å². The number of guanidine groups is 1. The Balaban J connectivity index is 1.55. The molecular formula is C22H37N5O2. The van der Waals surface area contributed by atoms with E-state index in [1.54, 1.807) is 7.11 Å². The maximum atomic E-state index is 5.56. The van der Waals surface area contributed by atoms with Crippen LogP contribution in [0.15, 0.2) is 29.3 Å². The zero-order valence-electron chi connectivity index (χ0n) is 18.2. The quantitative estimate of drug-likeness (QED) is 0.458. The Morgan fingerprint density at radius 3 is 2.55 bits per heavy atom. The average Bonchev–Trinajstić information content (AvgIpc) is 3.62. The van der Waals surface area contributed by atoms with Crippen molar-refractivity contribution < 1.29 is 9.47 Å². The summed E-state index contributed by atoms with van der Waals surface area (Å²) in [6.45, 7) is 9.59. The fourth-order valence-corrected chi connectivity index (χ4v) is 3.94. The minimum Gasteiger partial charge on any atom is -0.497 e. The van der Waals surface area contributed by atoms with Crippen molar-refractivity contribution in [3.05, 3.63) is 29.8 Å². The van der Waals surface area contributed by atoms with Crippen LogP contribution in [0.1, 0.15) is 31.4 Å². The topological polar surface area (TPSA) is 61.4 Å². The lowest BCUT2D eigenvalue weighted by molar-refractivity contribution is 0.0170. The minimum absolute atomic E-state index is 0.266. The first-order valence-electron chi connectivity index (χ1n) is 10.9. The maximum absolute atomic E-state index is 5.56. The number of likely N-dealkylation sites (N-methyl/N-ethyl adjacent to an activating group) is 1. The molecule has 1 aromatic rings. The van der Waals surface area contributed by atoms with Gasteiger partial charge < -0.3 is 20.1 Å². The third-order valence-corrected chi connectivity index (χ3v) is 5.83. The highest BCUT2D eigenvalue weighted by molar-refractivity contribution is 5.79. The Bertz CT molecular complexity index is 627. The number of methoxy groups -OCH3 is 1. The zero-order valence-corrected chi connectivity index (χ0v) is 18.2. The molecule has 2 aliphatic rings. The number of aliphatic imine (C=N–C) groups is 1. The van der Waals surface area contributed by atoms with Gasteiger partial charge in [-0.3, -0.25) is 14.8 Å². The van der Waals surface area contributed by atoms with Gasteiger partial charge in [0.1, 0.15) is 5.75 Å². The van der Waals surface area contributed by atoms with Crippen LogP contribution in [0.5, 0.6) is 5.75 Å². The van der Waals surface area contributed by atoms with Gasteiger partial charge in [0.2, 0.25) is 0 Å². The Labute approximate surface area is 175 Å². The molecule has 1 atom stereocenters. The lowest BCUT2D eigenvalue weighted by Crippen LogP contribution is -2.47. The predicted octanol–water partition coefficient (Wildman–Crippen LogP) is 1.72. The summed E-state index contributed by atoms with van der Waals surface area (Å²) in [5, 5.41) is 7.02. The van der Waals surface area contributed by atoms with Crippen LogP contribution in [-0.4, -0.2) is 88.4 Å². The molecule has 3 rings (SSSR count). The second-order valence-corrected chi connectivity index (χ2v) is 7.68. The lowest BCUT2D eigenvalue weighted by atomic mass is 10.0. The molecule has 162 valence electrons. The van der Waals surface area contributed by atoms with E-state index in [0.717, 1.165) is 70.2 Å². The van der Waals surface area contributed by atoms with Crippen LogP contribution in [0.3, 0.4) is 0 Å². The molecule has 1 unspecified atom stereocenters. The van der Waals surface area contributed by atoms with Crippen LogP contribution < -0.4 is 15.4 Å². The highest BCUT2D eigenvalue weighted by atomic mass is 16.5. The second kappa shape index (κ2) is 11.4. The van der Waals surface area contributed by atoms with Crippen molar-refractivity contribution in [2.24, 2.45) is 4.99 Å². The van der Waals surface area contributed by atoms with E-state index in [0.29, 0.717) is 0 Å². The van der Waals surface area contributed by atoms with Crippen LogP contribution >= 0.6 is 0 Å². The molecule has 29 heavy (non-hydrogen) atoms. The third-order valence-electron chi connectivity index (χ3n) is 5.83. The molecule has 1 aromatic carbocycles. The average molecular weight is 404 g/mol. The predicted molar refractivity (Wildman–Crippen MR) is 118 cm³/mol. The van der Waals surface area contributed by atoms with Gasteiger partial charge in [0.15, 0.2) is 5.96 Å². The van der Waals surface area contributed by atoms with Gasteiger partial charge in [0.05, 0.1) is 26.4 Å². The Morgan fingerprint density at radius 2 is 1.97 bits per heavy atom. The molecule has 7 nitrogen and oxygen atoms in total. The van der Waals surface area contributed by atoms with E-state index in [2.05, 4.69) is 44.5 Å². The van der Waals surface area contributed by atoms with Crippen molar-refractivity contribution in [1.82, 2.24) is 20.4 Å². The molecule has 0 radical (unpaired) electrons. The zero-order chi connectivity index (χ0) is 20.5. The van der Waals surface area contributed by atoms with E-state index in [1.807, 2.05) is 19.2 Å². The molecule has 1 aliphatic carbocycles. The molecule has 1 saturated heterocycles. The van der Waals surface area contributed by atoms with Crippen molar-refractivity contribution in [2.75, 3.05) is 66.6 Å². The summed E-state index contributed by atoms with van der Waals surface area (Å²) in [5.41, 5.74) is 1.28. The number of hydrogen-bond donors (Lipinski definition) is 2. The SMILES string of the molecule is CCN(CCNC(=NC)NCC(c1ccc(OC)cc1)N1CCOCC1)C1CC1. The molecule has 0 aromatic heterocycles. The van der Waals surface area contributed by atoms with Crippen molar-refractivity contribution in [3.8, 4) is 5.75 Å². The van der Waals surface area contributed by atoms with Crippen LogP contribution in [-0.2, 0) is 4.74 Å². The van der Waals surface area contributed by atoms with Crippen molar-refractivity contribution in [1.29, 1.82) is 0 Å². The van der Waals surface area contributed by atoms with Gasteiger partial charge in [0, 0.05) is 45.8 Å². The molecule has 1 saturated carbocycles. The highest BCUT2D eigenvalue weighted by Gasteiger charge is 2.27. The normalized spacial score (nSPS) is 19.2. The monoisotopic (exact) mass is 403 g/mol. The van der Waals surface area contributed by atoms with Gasteiger partial charge in [-0.2, -0.15) is 0 Å². The number of rotatable bonds is 10. The Morgan fingerprint density at radius 1 is 1.24 bits per heavy atom. The number of morpholine rings is 1. The fourth-order valence-electron chi connectivity index (χ4n) is 3.94. The van der Waals surface area contributed by atoms with E-state index >= 15 is 0 Å². The summed E-state index contributed by atoms with van der Waals surface area (Å²) in [4.78, 5) is 9.46. The van der Waals surface area contributed by atoms with Gasteiger partial charge >= 0.3 is 0 Å². The summed E-state index contributed by atoms with van der Waals surface area (Å²) >= 11 is 0. The van der Waals surface area contributed by atoms with Crippen molar-refractivity contribution in [3.63, 3.8) is 0 Å². The minimum atomic E-state index is 0.266. The number of ether oxygens (including phenoxy) is 2. The number of benzene rings is 1. The summed E-state index contributed by atoms with van der Waals surface area (Å²) in [7, 11) is 3.54. The largest absolute Gasteiger partial charge is 0.497 e. The summed E-state index contributed by atoms with van der Waals surface area (Å²) < 4.78 is 10.9. The van der Waals surface area contributed by atoms with Crippen molar-refractivity contribution >= 4 is 5.96 Å². The first-order chi connectivity index (χ1) is 14.2. The number of nitrogens with one attached hydrogen (secondary N) is 2. The van der Waals surface area contributed by atoms with Gasteiger partial charge in [0.25, 0.3) is 0 Å². The molecule has 2 N–H and O–H groups in total. The van der Waals surface area contributed by atoms with E-state index < -0.39 is 0 Å². The van der Waals surface area contributed by atoms with Crippen LogP contribution in [0, 0.1) is 0 Å². The molecule has 0 spiro atoms. The molecule has 0 bridgehead atoms. The fraction of sp³-hybridized carbons (Fsp3) is 0.682. The molecule has 7 heteroatoms.